The molecule has 10 nitrogen and oxygen atoms in total. The minimum Gasteiger partial charge on any atom is -0.383 e. The van der Waals surface area contributed by atoms with Crippen molar-refractivity contribution in [3.05, 3.63) is 96.2 Å². The zero-order valence-corrected chi connectivity index (χ0v) is 24.2. The Labute approximate surface area is 245 Å². The number of carbonyl (C=O) groups is 1. The molecule has 0 aliphatic carbocycles. The number of H-pyrrole nitrogens is 1. The number of amides is 1. The van der Waals surface area contributed by atoms with E-state index in [0.717, 1.165) is 59.0 Å². The lowest BCUT2D eigenvalue weighted by molar-refractivity contribution is -0.121. The summed E-state index contributed by atoms with van der Waals surface area (Å²) in [5.41, 5.74) is 7.85. The van der Waals surface area contributed by atoms with Crippen molar-refractivity contribution >= 4 is 5.91 Å². The number of ether oxygens (including phenoxy) is 1. The Balaban J connectivity index is 1.27. The van der Waals surface area contributed by atoms with Crippen molar-refractivity contribution in [1.29, 1.82) is 0 Å². The highest BCUT2D eigenvalue weighted by molar-refractivity contribution is 5.80. The summed E-state index contributed by atoms with van der Waals surface area (Å²) in [6.45, 7) is 5.09. The fourth-order valence-electron chi connectivity index (χ4n) is 5.88. The van der Waals surface area contributed by atoms with E-state index in [1.165, 1.54) is 5.56 Å². The van der Waals surface area contributed by atoms with Gasteiger partial charge in [-0.25, -0.2) is 4.68 Å². The van der Waals surface area contributed by atoms with E-state index in [9.17, 15) is 4.79 Å². The summed E-state index contributed by atoms with van der Waals surface area (Å²) < 4.78 is 9.02. The summed E-state index contributed by atoms with van der Waals surface area (Å²) in [5, 5.41) is 19.7. The number of aromatic amines is 1. The molecule has 1 aliphatic rings. The summed E-state index contributed by atoms with van der Waals surface area (Å²) in [4.78, 5) is 16.1. The van der Waals surface area contributed by atoms with Crippen LogP contribution in [0.15, 0.2) is 79.4 Å². The van der Waals surface area contributed by atoms with Crippen LogP contribution in [0.5, 0.6) is 0 Å². The number of para-hydroxylation sites is 1. The number of rotatable bonds is 10. The van der Waals surface area contributed by atoms with Crippen molar-refractivity contribution in [3.8, 4) is 28.1 Å². The number of methoxy groups -OCH3 is 1. The van der Waals surface area contributed by atoms with Crippen molar-refractivity contribution < 1.29 is 9.53 Å². The first-order valence-electron chi connectivity index (χ1n) is 14.2. The van der Waals surface area contributed by atoms with Crippen LogP contribution in [0, 0.1) is 6.92 Å². The molecule has 2 aromatic carbocycles. The normalized spacial score (nSPS) is 17.1. The van der Waals surface area contributed by atoms with Gasteiger partial charge in [0.05, 0.1) is 42.5 Å². The van der Waals surface area contributed by atoms with E-state index in [1.54, 1.807) is 11.8 Å². The van der Waals surface area contributed by atoms with E-state index < -0.39 is 0 Å². The van der Waals surface area contributed by atoms with Crippen LogP contribution in [0.4, 0.5) is 0 Å². The van der Waals surface area contributed by atoms with Crippen LogP contribution in [-0.4, -0.2) is 80.0 Å². The lowest BCUT2D eigenvalue weighted by Gasteiger charge is -2.21. The lowest BCUT2D eigenvalue weighted by Crippen LogP contribution is -2.41. The standard InChI is InChI=1S/C32H36N8O2/c1-22-30(40(27-10-5-4-6-11-27)37-32(22)26-18-35-38(2)19-26)15-31(41)36-29-21-39(12-13-42-3)20-28(29)24-9-7-8-23(14-24)25-16-33-34-17-25/h4-11,14,16-19,28-29H,12-13,15,20-21H2,1-3H3,(H,33,34)(H,36,41)/t28-,29+/m0/s1. The predicted octanol–water partition coefficient (Wildman–Crippen LogP) is 3.74. The summed E-state index contributed by atoms with van der Waals surface area (Å²) in [5.74, 6) is 0.117. The van der Waals surface area contributed by atoms with Gasteiger partial charge in [0.1, 0.15) is 0 Å². The maximum atomic E-state index is 13.8. The SMILES string of the molecule is COCCN1C[C@@H](NC(=O)Cc2c(C)c(-c3cnn(C)c3)nn2-c2ccccc2)[C@H](c2cccc(-c3cn[nH]c3)c2)C1. The molecule has 0 radical (unpaired) electrons. The molecule has 6 rings (SSSR count). The highest BCUT2D eigenvalue weighted by Crippen LogP contribution is 2.31. The number of aromatic nitrogens is 6. The van der Waals surface area contributed by atoms with Gasteiger partial charge in [-0.3, -0.25) is 19.5 Å². The van der Waals surface area contributed by atoms with Crippen molar-refractivity contribution in [1.82, 2.24) is 40.0 Å². The highest BCUT2D eigenvalue weighted by Gasteiger charge is 2.35. The first kappa shape index (κ1) is 27.6. The molecule has 1 aliphatic heterocycles. The van der Waals surface area contributed by atoms with Gasteiger partial charge in [0, 0.05) is 69.3 Å². The molecule has 0 bridgehead atoms. The van der Waals surface area contributed by atoms with Crippen molar-refractivity contribution in [2.45, 2.75) is 25.3 Å². The molecule has 2 atom stereocenters. The second-order valence-electron chi connectivity index (χ2n) is 10.9. The number of nitrogens with one attached hydrogen (secondary N) is 2. The second-order valence-corrected chi connectivity index (χ2v) is 10.9. The third-order valence-corrected chi connectivity index (χ3v) is 8.05. The van der Waals surface area contributed by atoms with Gasteiger partial charge in [-0.15, -0.1) is 0 Å². The van der Waals surface area contributed by atoms with Gasteiger partial charge >= 0.3 is 0 Å². The summed E-state index contributed by atoms with van der Waals surface area (Å²) in [6, 6.07) is 18.5. The van der Waals surface area contributed by atoms with Gasteiger partial charge in [-0.05, 0) is 35.7 Å². The fraction of sp³-hybridized carbons (Fsp3) is 0.312. The Morgan fingerprint density at radius 3 is 2.67 bits per heavy atom. The average Bonchev–Trinajstić information content (AvgIpc) is 3.81. The number of benzene rings is 2. The zero-order valence-electron chi connectivity index (χ0n) is 24.2. The van der Waals surface area contributed by atoms with E-state index in [2.05, 4.69) is 49.8 Å². The molecule has 2 N–H and O–H groups in total. The van der Waals surface area contributed by atoms with Gasteiger partial charge in [0.15, 0.2) is 0 Å². The van der Waals surface area contributed by atoms with E-state index >= 15 is 0 Å². The van der Waals surface area contributed by atoms with E-state index in [-0.39, 0.29) is 24.3 Å². The largest absolute Gasteiger partial charge is 0.383 e. The molecule has 216 valence electrons. The summed E-state index contributed by atoms with van der Waals surface area (Å²) in [6.07, 6.45) is 7.70. The van der Waals surface area contributed by atoms with Crippen molar-refractivity contribution in [2.24, 2.45) is 7.05 Å². The molecule has 1 fully saturated rings. The molecule has 1 saturated heterocycles. The third-order valence-electron chi connectivity index (χ3n) is 8.05. The summed E-state index contributed by atoms with van der Waals surface area (Å²) in [7, 11) is 3.61. The van der Waals surface area contributed by atoms with Gasteiger partial charge in [0.25, 0.3) is 0 Å². The third kappa shape index (κ3) is 5.77. The Kier molecular flexibility index (Phi) is 7.98. The Hall–Kier alpha value is -4.54. The van der Waals surface area contributed by atoms with Crippen LogP contribution in [0.2, 0.25) is 0 Å². The number of carbonyl (C=O) groups excluding carboxylic acids is 1. The van der Waals surface area contributed by atoms with Gasteiger partial charge in [-0.2, -0.15) is 15.3 Å². The maximum absolute atomic E-state index is 13.8. The Morgan fingerprint density at radius 2 is 1.93 bits per heavy atom. The molecule has 10 heteroatoms. The quantitative estimate of drug-likeness (QED) is 0.268. The van der Waals surface area contributed by atoms with Crippen LogP contribution in [0.3, 0.4) is 0 Å². The maximum Gasteiger partial charge on any atom is 0.226 e. The molecule has 42 heavy (non-hydrogen) atoms. The van der Waals surface area contributed by atoms with Crippen LogP contribution in [0.25, 0.3) is 28.1 Å². The number of aryl methyl sites for hydroxylation is 1. The minimum absolute atomic E-state index is 0.0255. The topological polar surface area (TPSA) is 106 Å². The molecule has 5 aromatic rings. The predicted molar refractivity (Wildman–Crippen MR) is 161 cm³/mol. The average molecular weight is 565 g/mol. The smallest absolute Gasteiger partial charge is 0.226 e. The molecular weight excluding hydrogens is 528 g/mol. The van der Waals surface area contributed by atoms with Gasteiger partial charge in [-0.1, -0.05) is 42.5 Å². The first-order chi connectivity index (χ1) is 20.5. The molecule has 0 saturated carbocycles. The molecule has 4 heterocycles. The van der Waals surface area contributed by atoms with E-state index in [1.807, 2.05) is 73.8 Å². The Bertz CT molecular complexity index is 1640. The Morgan fingerprint density at radius 1 is 1.07 bits per heavy atom. The van der Waals surface area contributed by atoms with Crippen LogP contribution >= 0.6 is 0 Å². The molecule has 0 unspecified atom stereocenters. The number of likely N-dealkylation sites (tertiary alicyclic amines) is 1. The number of hydrogen-bond acceptors (Lipinski definition) is 6. The van der Waals surface area contributed by atoms with E-state index in [0.29, 0.717) is 6.61 Å². The molecule has 1 amide bonds. The lowest BCUT2D eigenvalue weighted by atomic mass is 9.92. The monoisotopic (exact) mass is 564 g/mol. The van der Waals surface area contributed by atoms with Crippen LogP contribution in [-0.2, 0) is 23.0 Å². The molecular formula is C32H36N8O2. The molecule has 0 spiro atoms. The first-order valence-corrected chi connectivity index (χ1v) is 14.2. The second kappa shape index (κ2) is 12.1. The molecule has 3 aromatic heterocycles. The highest BCUT2D eigenvalue weighted by atomic mass is 16.5. The van der Waals surface area contributed by atoms with Crippen molar-refractivity contribution in [2.75, 3.05) is 33.4 Å². The number of hydrogen-bond donors (Lipinski definition) is 2. The zero-order chi connectivity index (χ0) is 29.1. The van der Waals surface area contributed by atoms with Crippen LogP contribution < -0.4 is 5.32 Å². The van der Waals surface area contributed by atoms with Crippen molar-refractivity contribution in [3.63, 3.8) is 0 Å². The van der Waals surface area contributed by atoms with Gasteiger partial charge < -0.3 is 10.1 Å². The number of nitrogens with zero attached hydrogens (tertiary/aromatic N) is 6. The van der Waals surface area contributed by atoms with Crippen LogP contribution in [0.1, 0.15) is 22.7 Å². The van der Waals surface area contributed by atoms with E-state index in [4.69, 9.17) is 9.84 Å². The fourth-order valence-corrected chi connectivity index (χ4v) is 5.88. The summed E-state index contributed by atoms with van der Waals surface area (Å²) >= 11 is 0. The van der Waals surface area contributed by atoms with Gasteiger partial charge in [0.2, 0.25) is 5.91 Å². The minimum atomic E-state index is -0.0415.